The first-order valence-corrected chi connectivity index (χ1v) is 11.1. The fourth-order valence-electron chi connectivity index (χ4n) is 3.85. The van der Waals surface area contributed by atoms with Gasteiger partial charge in [-0.05, 0) is 38.0 Å². The van der Waals surface area contributed by atoms with Crippen molar-refractivity contribution in [2.75, 3.05) is 0 Å². The van der Waals surface area contributed by atoms with Crippen molar-refractivity contribution < 1.29 is 19.4 Å². The highest BCUT2D eigenvalue weighted by Gasteiger charge is 2.35. The Morgan fingerprint density at radius 2 is 1.70 bits per heavy atom. The molecule has 1 aliphatic rings. The Balaban J connectivity index is 2.42. The SMILES string of the molecule is CCCCCCCCCCC(CC(C)C)OC(=O)C1C=CCCC1C(=O)O. The van der Waals surface area contributed by atoms with E-state index in [9.17, 15) is 14.7 Å². The van der Waals surface area contributed by atoms with E-state index in [1.165, 1.54) is 44.9 Å². The normalized spacial score (nSPS) is 20.6. The third kappa shape index (κ3) is 9.97. The summed E-state index contributed by atoms with van der Waals surface area (Å²) in [5.74, 6) is -2.09. The second-order valence-electron chi connectivity index (χ2n) is 8.43. The van der Waals surface area contributed by atoms with Crippen molar-refractivity contribution in [3.05, 3.63) is 12.2 Å². The number of carbonyl (C=O) groups is 2. The average molecular weight is 381 g/mol. The lowest BCUT2D eigenvalue weighted by Crippen LogP contribution is -2.34. The molecule has 0 aliphatic heterocycles. The molecule has 4 nitrogen and oxygen atoms in total. The van der Waals surface area contributed by atoms with E-state index in [0.29, 0.717) is 18.8 Å². The summed E-state index contributed by atoms with van der Waals surface area (Å²) in [6.45, 7) is 6.50. The van der Waals surface area contributed by atoms with Crippen molar-refractivity contribution in [2.45, 2.75) is 104 Å². The molecule has 0 fully saturated rings. The molecule has 0 aromatic rings. The summed E-state index contributed by atoms with van der Waals surface area (Å²) >= 11 is 0. The van der Waals surface area contributed by atoms with Crippen LogP contribution in [0.5, 0.6) is 0 Å². The number of carboxylic acids is 1. The van der Waals surface area contributed by atoms with Crippen molar-refractivity contribution >= 4 is 11.9 Å². The summed E-state index contributed by atoms with van der Waals surface area (Å²) in [7, 11) is 0. The van der Waals surface area contributed by atoms with Gasteiger partial charge in [-0.3, -0.25) is 9.59 Å². The molecular weight excluding hydrogens is 340 g/mol. The number of carbonyl (C=O) groups excluding carboxylic acids is 1. The molecule has 1 aliphatic carbocycles. The van der Waals surface area contributed by atoms with Gasteiger partial charge >= 0.3 is 11.9 Å². The fourth-order valence-corrected chi connectivity index (χ4v) is 3.85. The van der Waals surface area contributed by atoms with Crippen LogP contribution < -0.4 is 0 Å². The van der Waals surface area contributed by atoms with E-state index in [1.807, 2.05) is 6.08 Å². The van der Waals surface area contributed by atoms with Crippen molar-refractivity contribution in [2.24, 2.45) is 17.8 Å². The molecule has 0 heterocycles. The number of hydrogen-bond donors (Lipinski definition) is 1. The lowest BCUT2D eigenvalue weighted by atomic mass is 9.84. The molecule has 0 saturated carbocycles. The summed E-state index contributed by atoms with van der Waals surface area (Å²) in [5, 5.41) is 9.37. The van der Waals surface area contributed by atoms with Gasteiger partial charge in [-0.1, -0.05) is 77.9 Å². The van der Waals surface area contributed by atoms with E-state index >= 15 is 0 Å². The first-order chi connectivity index (χ1) is 13.0. The van der Waals surface area contributed by atoms with E-state index < -0.39 is 17.8 Å². The van der Waals surface area contributed by atoms with Crippen LogP contribution in [0.1, 0.15) is 97.8 Å². The molecule has 0 spiro atoms. The van der Waals surface area contributed by atoms with Crippen LogP contribution in [-0.2, 0) is 14.3 Å². The van der Waals surface area contributed by atoms with Crippen molar-refractivity contribution in [1.82, 2.24) is 0 Å². The van der Waals surface area contributed by atoms with Crippen LogP contribution >= 0.6 is 0 Å². The molecule has 3 unspecified atom stereocenters. The first-order valence-electron chi connectivity index (χ1n) is 11.1. The Morgan fingerprint density at radius 1 is 1.07 bits per heavy atom. The van der Waals surface area contributed by atoms with Crippen molar-refractivity contribution in [1.29, 1.82) is 0 Å². The standard InChI is InChI=1S/C23H40O4/c1-4-5-6-7-8-9-10-11-14-19(17-18(2)3)27-23(26)21-16-13-12-15-20(21)22(24)25/h13,16,18-21H,4-12,14-15,17H2,1-3H3,(H,24,25). The molecule has 1 N–H and O–H groups in total. The smallest absolute Gasteiger partial charge is 0.313 e. The lowest BCUT2D eigenvalue weighted by molar-refractivity contribution is -0.161. The number of hydrogen-bond acceptors (Lipinski definition) is 3. The highest BCUT2D eigenvalue weighted by atomic mass is 16.5. The molecule has 0 amide bonds. The quantitative estimate of drug-likeness (QED) is 0.223. The van der Waals surface area contributed by atoms with Gasteiger partial charge in [-0.2, -0.15) is 0 Å². The van der Waals surface area contributed by atoms with E-state index in [-0.39, 0.29) is 12.1 Å². The van der Waals surface area contributed by atoms with Crippen LogP contribution in [-0.4, -0.2) is 23.1 Å². The monoisotopic (exact) mass is 380 g/mol. The molecular formula is C23H40O4. The van der Waals surface area contributed by atoms with Crippen LogP contribution in [0.3, 0.4) is 0 Å². The number of rotatable bonds is 14. The van der Waals surface area contributed by atoms with Gasteiger partial charge in [0, 0.05) is 0 Å². The number of unbranched alkanes of at least 4 members (excludes halogenated alkanes) is 7. The maximum atomic E-state index is 12.6. The summed E-state index contributed by atoms with van der Waals surface area (Å²) in [4.78, 5) is 24.0. The molecule has 27 heavy (non-hydrogen) atoms. The molecule has 1 rings (SSSR count). The van der Waals surface area contributed by atoms with Crippen LogP contribution in [0.15, 0.2) is 12.2 Å². The van der Waals surface area contributed by atoms with Crippen LogP contribution in [0.2, 0.25) is 0 Å². The summed E-state index contributed by atoms with van der Waals surface area (Å²) in [5.41, 5.74) is 0. The Morgan fingerprint density at radius 3 is 2.30 bits per heavy atom. The van der Waals surface area contributed by atoms with Gasteiger partial charge in [-0.15, -0.1) is 0 Å². The van der Waals surface area contributed by atoms with Crippen LogP contribution in [0, 0.1) is 17.8 Å². The van der Waals surface area contributed by atoms with E-state index in [2.05, 4.69) is 20.8 Å². The molecule has 0 aromatic carbocycles. The minimum Gasteiger partial charge on any atom is -0.481 e. The zero-order valence-electron chi connectivity index (χ0n) is 17.6. The number of carboxylic acid groups (broad SMARTS) is 1. The van der Waals surface area contributed by atoms with Crippen LogP contribution in [0.4, 0.5) is 0 Å². The van der Waals surface area contributed by atoms with E-state index in [1.54, 1.807) is 6.08 Å². The average Bonchev–Trinajstić information content (AvgIpc) is 2.63. The van der Waals surface area contributed by atoms with E-state index in [0.717, 1.165) is 19.3 Å². The zero-order valence-corrected chi connectivity index (χ0v) is 17.6. The second kappa shape index (κ2) is 13.8. The van der Waals surface area contributed by atoms with Gasteiger partial charge in [0.25, 0.3) is 0 Å². The number of allylic oxidation sites excluding steroid dienone is 1. The highest BCUT2D eigenvalue weighted by Crippen LogP contribution is 2.28. The number of aliphatic carboxylic acids is 1. The predicted octanol–water partition coefficient (Wildman–Crippen LogP) is 6.14. The first kappa shape index (κ1) is 23.7. The minimum atomic E-state index is -0.898. The third-order valence-corrected chi connectivity index (χ3v) is 5.41. The largest absolute Gasteiger partial charge is 0.481 e. The van der Waals surface area contributed by atoms with Gasteiger partial charge < -0.3 is 9.84 Å². The minimum absolute atomic E-state index is 0.0950. The molecule has 156 valence electrons. The molecule has 0 saturated heterocycles. The Hall–Kier alpha value is -1.32. The molecule has 3 atom stereocenters. The maximum absolute atomic E-state index is 12.6. The van der Waals surface area contributed by atoms with Gasteiger partial charge in [0.05, 0.1) is 11.8 Å². The molecule has 4 heteroatoms. The predicted molar refractivity (Wildman–Crippen MR) is 110 cm³/mol. The summed E-state index contributed by atoms with van der Waals surface area (Å²) < 4.78 is 5.79. The highest BCUT2D eigenvalue weighted by molar-refractivity contribution is 5.83. The number of esters is 1. The van der Waals surface area contributed by atoms with Crippen molar-refractivity contribution in [3.63, 3.8) is 0 Å². The van der Waals surface area contributed by atoms with Gasteiger partial charge in [-0.25, -0.2) is 0 Å². The Bertz CT molecular complexity index is 455. The van der Waals surface area contributed by atoms with Crippen LogP contribution in [0.25, 0.3) is 0 Å². The Kier molecular flexibility index (Phi) is 12.1. The molecule has 0 radical (unpaired) electrons. The fraction of sp³-hybridized carbons (Fsp3) is 0.826. The van der Waals surface area contributed by atoms with Crippen molar-refractivity contribution in [3.8, 4) is 0 Å². The Labute approximate surface area is 165 Å². The maximum Gasteiger partial charge on any atom is 0.313 e. The van der Waals surface area contributed by atoms with E-state index in [4.69, 9.17) is 4.74 Å². The zero-order chi connectivity index (χ0) is 20.1. The number of ether oxygens (including phenoxy) is 1. The lowest BCUT2D eigenvalue weighted by Gasteiger charge is -2.26. The molecule has 0 aromatic heterocycles. The molecule has 0 bridgehead atoms. The summed E-state index contributed by atoms with van der Waals surface area (Å²) in [6, 6.07) is 0. The summed E-state index contributed by atoms with van der Waals surface area (Å²) in [6.07, 6.45) is 16.6. The van der Waals surface area contributed by atoms with Gasteiger partial charge in [0.15, 0.2) is 0 Å². The van der Waals surface area contributed by atoms with Gasteiger partial charge in [0.2, 0.25) is 0 Å². The topological polar surface area (TPSA) is 63.6 Å². The van der Waals surface area contributed by atoms with Gasteiger partial charge in [0.1, 0.15) is 6.10 Å². The second-order valence-corrected chi connectivity index (χ2v) is 8.43. The third-order valence-electron chi connectivity index (χ3n) is 5.41.